The van der Waals surface area contributed by atoms with Crippen LogP contribution in [0.5, 0.6) is 11.5 Å². The van der Waals surface area contributed by atoms with E-state index in [0.717, 1.165) is 0 Å². The Balaban J connectivity index is 2.02. The number of rotatable bonds is 3. The fraction of sp³-hybridized carbons (Fsp3) is 0.500. The number of fused-ring (bicyclic) bond motifs is 1. The standard InChI is InChI=1S/C20H23NO6/c1-10(22)27-19-14(25-3)6-5-11-16(19)20-8-13(23)15(26-4)7-12(20)17(18(11)24)21(2)9-20/h5-7,12-13,17,23H,8-9H2,1-4H3/t12?,13-,17+,20-/m0/s1. The fourth-order valence-electron chi connectivity index (χ4n) is 5.15. The lowest BCUT2D eigenvalue weighted by atomic mass is 9.59. The molecule has 1 aliphatic heterocycles. The van der Waals surface area contributed by atoms with Gasteiger partial charge >= 0.3 is 5.97 Å². The number of ketones is 1. The summed E-state index contributed by atoms with van der Waals surface area (Å²) in [6, 6.07) is 3.05. The van der Waals surface area contributed by atoms with Crippen molar-refractivity contribution in [2.24, 2.45) is 5.92 Å². The highest BCUT2D eigenvalue weighted by atomic mass is 16.6. The van der Waals surface area contributed by atoms with Gasteiger partial charge in [0.05, 0.1) is 20.3 Å². The summed E-state index contributed by atoms with van der Waals surface area (Å²) in [6.45, 7) is 1.88. The summed E-state index contributed by atoms with van der Waals surface area (Å²) in [4.78, 5) is 27.1. The highest BCUT2D eigenvalue weighted by Gasteiger charge is 2.62. The van der Waals surface area contributed by atoms with Crippen molar-refractivity contribution >= 4 is 11.8 Å². The van der Waals surface area contributed by atoms with Crippen molar-refractivity contribution in [3.63, 3.8) is 0 Å². The highest BCUT2D eigenvalue weighted by molar-refractivity contribution is 6.05. The van der Waals surface area contributed by atoms with Gasteiger partial charge in [-0.2, -0.15) is 0 Å². The minimum Gasteiger partial charge on any atom is -0.499 e. The molecule has 144 valence electrons. The van der Waals surface area contributed by atoms with Crippen molar-refractivity contribution in [2.75, 3.05) is 27.8 Å². The minimum absolute atomic E-state index is 0.0234. The molecular weight excluding hydrogens is 350 g/mol. The zero-order valence-corrected chi connectivity index (χ0v) is 15.8. The number of likely N-dealkylation sites (N-methyl/N-ethyl adjacent to an activating group) is 1. The summed E-state index contributed by atoms with van der Waals surface area (Å²) in [5.74, 6) is 0.459. The fourth-order valence-corrected chi connectivity index (χ4v) is 5.15. The van der Waals surface area contributed by atoms with Gasteiger partial charge in [0, 0.05) is 35.9 Å². The van der Waals surface area contributed by atoms with Crippen molar-refractivity contribution < 1.29 is 28.9 Å². The van der Waals surface area contributed by atoms with Crippen molar-refractivity contribution in [2.45, 2.75) is 30.9 Å². The van der Waals surface area contributed by atoms with E-state index in [2.05, 4.69) is 0 Å². The molecule has 3 aliphatic rings. The molecule has 0 saturated carbocycles. The van der Waals surface area contributed by atoms with Crippen LogP contribution in [0.3, 0.4) is 0 Å². The molecule has 0 spiro atoms. The third-order valence-electron chi connectivity index (χ3n) is 6.07. The van der Waals surface area contributed by atoms with Gasteiger partial charge in [-0.25, -0.2) is 0 Å². The van der Waals surface area contributed by atoms with Crippen molar-refractivity contribution in [1.82, 2.24) is 4.90 Å². The first-order chi connectivity index (χ1) is 12.8. The first-order valence-electron chi connectivity index (χ1n) is 8.92. The van der Waals surface area contributed by atoms with E-state index in [1.54, 1.807) is 12.1 Å². The first-order valence-corrected chi connectivity index (χ1v) is 8.92. The Labute approximate surface area is 157 Å². The maximum Gasteiger partial charge on any atom is 0.308 e. The number of methoxy groups -OCH3 is 2. The van der Waals surface area contributed by atoms with E-state index in [1.165, 1.54) is 21.1 Å². The Hall–Kier alpha value is -2.38. The number of hydrogen-bond donors (Lipinski definition) is 1. The first kappa shape index (κ1) is 18.0. The average molecular weight is 373 g/mol. The van der Waals surface area contributed by atoms with E-state index in [1.807, 2.05) is 18.0 Å². The largest absolute Gasteiger partial charge is 0.499 e. The monoisotopic (exact) mass is 373 g/mol. The van der Waals surface area contributed by atoms with E-state index >= 15 is 0 Å². The number of nitrogens with zero attached hydrogens (tertiary/aromatic N) is 1. The summed E-state index contributed by atoms with van der Waals surface area (Å²) in [5, 5.41) is 10.7. The minimum atomic E-state index is -0.796. The second kappa shape index (κ2) is 6.07. The second-order valence-corrected chi connectivity index (χ2v) is 7.51. The van der Waals surface area contributed by atoms with Gasteiger partial charge < -0.3 is 19.3 Å². The molecule has 2 bridgehead atoms. The molecule has 1 saturated heterocycles. The van der Waals surface area contributed by atoms with Crippen LogP contribution >= 0.6 is 0 Å². The molecule has 1 fully saturated rings. The number of likely N-dealkylation sites (tertiary alicyclic amines) is 1. The predicted molar refractivity (Wildman–Crippen MR) is 95.9 cm³/mol. The number of benzene rings is 1. The molecule has 1 aromatic carbocycles. The highest BCUT2D eigenvalue weighted by Crippen LogP contribution is 2.58. The number of aliphatic hydroxyl groups excluding tert-OH is 1. The van der Waals surface area contributed by atoms with E-state index < -0.39 is 17.5 Å². The average Bonchev–Trinajstić information content (AvgIpc) is 2.85. The van der Waals surface area contributed by atoms with Crippen LogP contribution in [-0.4, -0.2) is 61.7 Å². The Morgan fingerprint density at radius 3 is 2.67 bits per heavy atom. The molecule has 27 heavy (non-hydrogen) atoms. The number of hydrogen-bond acceptors (Lipinski definition) is 7. The molecule has 4 atom stereocenters. The van der Waals surface area contributed by atoms with Crippen molar-refractivity contribution in [3.05, 3.63) is 35.1 Å². The van der Waals surface area contributed by atoms with Crippen LogP contribution in [0.15, 0.2) is 24.0 Å². The maximum atomic E-state index is 13.3. The quantitative estimate of drug-likeness (QED) is 0.631. The van der Waals surface area contributed by atoms with Crippen LogP contribution in [0.25, 0.3) is 0 Å². The molecule has 1 aromatic rings. The molecule has 7 nitrogen and oxygen atoms in total. The Bertz CT molecular complexity index is 862. The lowest BCUT2D eigenvalue weighted by molar-refractivity contribution is -0.132. The Morgan fingerprint density at radius 1 is 1.30 bits per heavy atom. The van der Waals surface area contributed by atoms with Gasteiger partial charge in [0.1, 0.15) is 11.9 Å². The smallest absolute Gasteiger partial charge is 0.308 e. The molecule has 7 heteroatoms. The molecule has 0 amide bonds. The van der Waals surface area contributed by atoms with Gasteiger partial charge in [0.15, 0.2) is 17.3 Å². The SMILES string of the molecule is COC1=CC2[C@@H]3C(=O)c4ccc(OC)c(OC(C)=O)c4[C@@]2(C[C@@H]1O)CN3C. The van der Waals surface area contributed by atoms with Gasteiger partial charge in [-0.05, 0) is 31.7 Å². The van der Waals surface area contributed by atoms with Gasteiger partial charge in [0.2, 0.25) is 0 Å². The molecule has 0 aromatic heterocycles. The molecule has 2 aliphatic carbocycles. The van der Waals surface area contributed by atoms with Crippen molar-refractivity contribution in [1.29, 1.82) is 0 Å². The lowest BCUT2D eigenvalue weighted by Crippen LogP contribution is -2.49. The summed E-state index contributed by atoms with van der Waals surface area (Å²) >= 11 is 0. The lowest BCUT2D eigenvalue weighted by Gasteiger charge is -2.44. The maximum absolute atomic E-state index is 13.3. The van der Waals surface area contributed by atoms with Crippen LogP contribution in [0, 0.1) is 5.92 Å². The third kappa shape index (κ3) is 2.34. The Kier molecular flexibility index (Phi) is 4.05. The summed E-state index contributed by atoms with van der Waals surface area (Å²) in [6.07, 6.45) is 1.44. The molecule has 1 heterocycles. The second-order valence-electron chi connectivity index (χ2n) is 7.51. The number of Topliss-reactive ketones (excluding diaryl/α,β-unsaturated/α-hetero) is 1. The zero-order valence-electron chi connectivity index (χ0n) is 15.8. The zero-order chi connectivity index (χ0) is 19.5. The third-order valence-corrected chi connectivity index (χ3v) is 6.07. The van der Waals surface area contributed by atoms with E-state index in [0.29, 0.717) is 35.6 Å². The number of ether oxygens (including phenoxy) is 3. The molecule has 4 rings (SSSR count). The summed E-state index contributed by atoms with van der Waals surface area (Å²) in [7, 11) is 4.92. The predicted octanol–water partition coefficient (Wildman–Crippen LogP) is 1.28. The van der Waals surface area contributed by atoms with E-state index in [-0.39, 0.29) is 23.5 Å². The topological polar surface area (TPSA) is 85.3 Å². The van der Waals surface area contributed by atoms with Crippen LogP contribution in [0.4, 0.5) is 0 Å². The van der Waals surface area contributed by atoms with Crippen LogP contribution in [-0.2, 0) is 14.9 Å². The van der Waals surface area contributed by atoms with E-state index in [9.17, 15) is 14.7 Å². The summed E-state index contributed by atoms with van der Waals surface area (Å²) in [5.41, 5.74) is 0.612. The van der Waals surface area contributed by atoms with Gasteiger partial charge in [0.25, 0.3) is 0 Å². The number of aliphatic hydroxyl groups is 1. The Morgan fingerprint density at radius 2 is 2.04 bits per heavy atom. The molecular formula is C20H23NO6. The van der Waals surface area contributed by atoms with Gasteiger partial charge in [-0.1, -0.05) is 0 Å². The van der Waals surface area contributed by atoms with E-state index in [4.69, 9.17) is 14.2 Å². The number of carbonyl (C=O) groups is 2. The number of carbonyl (C=O) groups excluding carboxylic acids is 2. The molecule has 0 radical (unpaired) electrons. The van der Waals surface area contributed by atoms with Crippen LogP contribution in [0.1, 0.15) is 29.3 Å². The molecule has 1 unspecified atom stereocenters. The van der Waals surface area contributed by atoms with Crippen molar-refractivity contribution in [3.8, 4) is 11.5 Å². The van der Waals surface area contributed by atoms with Gasteiger partial charge in [-0.15, -0.1) is 0 Å². The number of esters is 1. The van der Waals surface area contributed by atoms with Gasteiger partial charge in [-0.3, -0.25) is 14.5 Å². The van der Waals surface area contributed by atoms with Crippen LogP contribution < -0.4 is 9.47 Å². The molecule has 1 N–H and O–H groups in total. The summed E-state index contributed by atoms with van der Waals surface area (Å²) < 4.78 is 16.3. The van der Waals surface area contributed by atoms with Crippen LogP contribution in [0.2, 0.25) is 0 Å². The normalized spacial score (nSPS) is 31.7.